The zero-order chi connectivity index (χ0) is 12.1. The van der Waals surface area contributed by atoms with Crippen molar-refractivity contribution in [3.8, 4) is 0 Å². The molecule has 0 N–H and O–H groups in total. The van der Waals surface area contributed by atoms with E-state index in [0.29, 0.717) is 11.8 Å². The highest BCUT2D eigenvalue weighted by Gasteiger charge is 2.30. The Morgan fingerprint density at radius 2 is 2.18 bits per heavy atom. The van der Waals surface area contributed by atoms with Gasteiger partial charge in [0.05, 0.1) is 5.37 Å². The molecule has 1 amide bonds. The Labute approximate surface area is 107 Å². The number of hydrogen-bond donors (Lipinski definition) is 0. The SMILES string of the molecule is C=CCCN1C(=O)CCC1Sc1ccccc1. The quantitative estimate of drug-likeness (QED) is 0.744. The number of nitrogens with zero attached hydrogens (tertiary/aromatic N) is 1. The molecule has 0 bridgehead atoms. The first-order chi connectivity index (χ1) is 8.31. The molecule has 2 nitrogen and oxygen atoms in total. The van der Waals surface area contributed by atoms with Crippen molar-refractivity contribution in [1.29, 1.82) is 0 Å². The highest BCUT2D eigenvalue weighted by molar-refractivity contribution is 8.00. The Bertz CT molecular complexity index is 390. The summed E-state index contributed by atoms with van der Waals surface area (Å²) in [6, 6.07) is 10.3. The maximum absolute atomic E-state index is 11.8. The number of carbonyl (C=O) groups is 1. The molecule has 2 rings (SSSR count). The number of carbonyl (C=O) groups excluding carboxylic acids is 1. The first-order valence-electron chi connectivity index (χ1n) is 5.93. The molecule has 0 aliphatic carbocycles. The minimum absolute atomic E-state index is 0.278. The second-order valence-corrected chi connectivity index (χ2v) is 5.34. The van der Waals surface area contributed by atoms with Crippen molar-refractivity contribution in [3.63, 3.8) is 0 Å². The fourth-order valence-electron chi connectivity index (χ4n) is 1.98. The van der Waals surface area contributed by atoms with Gasteiger partial charge in [-0.2, -0.15) is 0 Å². The van der Waals surface area contributed by atoms with E-state index in [2.05, 4.69) is 18.7 Å². The molecule has 1 aliphatic rings. The molecule has 1 atom stereocenters. The molecule has 0 radical (unpaired) electrons. The van der Waals surface area contributed by atoms with Gasteiger partial charge in [0.2, 0.25) is 5.91 Å². The van der Waals surface area contributed by atoms with Crippen LogP contribution in [0, 0.1) is 0 Å². The summed E-state index contributed by atoms with van der Waals surface area (Å²) in [6.45, 7) is 4.51. The maximum atomic E-state index is 11.8. The van der Waals surface area contributed by atoms with E-state index in [1.54, 1.807) is 11.8 Å². The number of hydrogen-bond acceptors (Lipinski definition) is 2. The summed E-state index contributed by atoms with van der Waals surface area (Å²) >= 11 is 1.78. The zero-order valence-corrected chi connectivity index (χ0v) is 10.7. The van der Waals surface area contributed by atoms with Gasteiger partial charge < -0.3 is 4.90 Å². The predicted octanol–water partition coefficient (Wildman–Crippen LogP) is 3.30. The van der Waals surface area contributed by atoms with Crippen molar-refractivity contribution in [2.45, 2.75) is 29.5 Å². The first kappa shape index (κ1) is 12.2. The Morgan fingerprint density at radius 1 is 1.41 bits per heavy atom. The smallest absolute Gasteiger partial charge is 0.223 e. The molecule has 17 heavy (non-hydrogen) atoms. The third-order valence-electron chi connectivity index (χ3n) is 2.86. The number of rotatable bonds is 5. The molecule has 0 saturated carbocycles. The molecular weight excluding hydrogens is 230 g/mol. The molecule has 1 heterocycles. The van der Waals surface area contributed by atoms with E-state index in [0.717, 1.165) is 19.4 Å². The fourth-order valence-corrected chi connectivity index (χ4v) is 3.20. The highest BCUT2D eigenvalue weighted by Crippen LogP contribution is 2.33. The standard InChI is InChI=1S/C14H17NOS/c1-2-3-11-15-13(16)9-10-14(15)17-12-7-5-4-6-8-12/h2,4-8,14H,1,3,9-11H2. The number of thioether (sulfide) groups is 1. The molecule has 0 spiro atoms. The summed E-state index contributed by atoms with van der Waals surface area (Å²) in [5.41, 5.74) is 0. The van der Waals surface area contributed by atoms with Crippen LogP contribution in [0.3, 0.4) is 0 Å². The van der Waals surface area contributed by atoms with Crippen molar-refractivity contribution >= 4 is 17.7 Å². The summed E-state index contributed by atoms with van der Waals surface area (Å²) in [5.74, 6) is 0.278. The van der Waals surface area contributed by atoms with Crippen molar-refractivity contribution < 1.29 is 4.79 Å². The number of benzene rings is 1. The summed E-state index contributed by atoms with van der Waals surface area (Å²) < 4.78 is 0. The van der Waals surface area contributed by atoms with Crippen LogP contribution in [0.15, 0.2) is 47.9 Å². The van der Waals surface area contributed by atoms with Crippen molar-refractivity contribution in [2.24, 2.45) is 0 Å². The summed E-state index contributed by atoms with van der Waals surface area (Å²) in [5, 5.41) is 0.296. The van der Waals surface area contributed by atoms with Gasteiger partial charge in [-0.05, 0) is 25.0 Å². The molecular formula is C14H17NOS. The van der Waals surface area contributed by atoms with E-state index in [1.165, 1.54) is 4.90 Å². The van der Waals surface area contributed by atoms with Gasteiger partial charge >= 0.3 is 0 Å². The minimum atomic E-state index is 0.278. The van der Waals surface area contributed by atoms with Crippen LogP contribution in [-0.2, 0) is 4.79 Å². The minimum Gasteiger partial charge on any atom is -0.330 e. The van der Waals surface area contributed by atoms with E-state index >= 15 is 0 Å². The lowest BCUT2D eigenvalue weighted by Crippen LogP contribution is -2.31. The van der Waals surface area contributed by atoms with Crippen LogP contribution in [-0.4, -0.2) is 22.7 Å². The second-order valence-electron chi connectivity index (χ2n) is 4.09. The average Bonchev–Trinajstić information content (AvgIpc) is 2.69. The van der Waals surface area contributed by atoms with Crippen LogP contribution in [0.25, 0.3) is 0 Å². The monoisotopic (exact) mass is 247 g/mol. The molecule has 3 heteroatoms. The lowest BCUT2D eigenvalue weighted by Gasteiger charge is -2.23. The molecule has 1 aliphatic heterocycles. The van der Waals surface area contributed by atoms with E-state index in [1.807, 2.05) is 29.2 Å². The maximum Gasteiger partial charge on any atom is 0.223 e. The Balaban J connectivity index is 1.99. The van der Waals surface area contributed by atoms with Gasteiger partial charge in [-0.1, -0.05) is 24.3 Å². The lowest BCUT2D eigenvalue weighted by atomic mass is 10.4. The molecule has 1 unspecified atom stereocenters. The van der Waals surface area contributed by atoms with E-state index in [9.17, 15) is 4.79 Å². The van der Waals surface area contributed by atoms with Gasteiger partial charge in [-0.3, -0.25) is 4.79 Å². The van der Waals surface area contributed by atoms with Gasteiger partial charge in [0.25, 0.3) is 0 Å². The Hall–Kier alpha value is -1.22. The van der Waals surface area contributed by atoms with Crippen molar-refractivity contribution in [3.05, 3.63) is 43.0 Å². The van der Waals surface area contributed by atoms with Gasteiger partial charge in [-0.15, -0.1) is 18.3 Å². The van der Waals surface area contributed by atoms with E-state index in [4.69, 9.17) is 0 Å². The Kier molecular flexibility index (Phi) is 4.26. The third kappa shape index (κ3) is 3.13. The summed E-state index contributed by atoms with van der Waals surface area (Å²) in [7, 11) is 0. The second kappa shape index (κ2) is 5.92. The van der Waals surface area contributed by atoms with Crippen LogP contribution in [0.4, 0.5) is 0 Å². The largest absolute Gasteiger partial charge is 0.330 e. The normalized spacial score (nSPS) is 19.6. The van der Waals surface area contributed by atoms with Gasteiger partial charge in [0, 0.05) is 17.9 Å². The molecule has 1 saturated heterocycles. The topological polar surface area (TPSA) is 20.3 Å². The molecule has 1 fully saturated rings. The van der Waals surface area contributed by atoms with Gasteiger partial charge in [0.1, 0.15) is 0 Å². The summed E-state index contributed by atoms with van der Waals surface area (Å²) in [4.78, 5) is 15.0. The summed E-state index contributed by atoms with van der Waals surface area (Å²) in [6.07, 6.45) is 4.38. The third-order valence-corrected chi connectivity index (χ3v) is 4.17. The predicted molar refractivity (Wildman–Crippen MR) is 71.8 cm³/mol. The van der Waals surface area contributed by atoms with Crippen molar-refractivity contribution in [1.82, 2.24) is 4.90 Å². The van der Waals surface area contributed by atoms with Crippen molar-refractivity contribution in [2.75, 3.05) is 6.54 Å². The van der Waals surface area contributed by atoms with E-state index < -0.39 is 0 Å². The van der Waals surface area contributed by atoms with Gasteiger partial charge in [0.15, 0.2) is 0 Å². The Morgan fingerprint density at radius 3 is 2.88 bits per heavy atom. The number of amides is 1. The molecule has 1 aromatic carbocycles. The fraction of sp³-hybridized carbons (Fsp3) is 0.357. The van der Waals surface area contributed by atoms with Crippen LogP contribution < -0.4 is 0 Å². The molecule has 0 aromatic heterocycles. The highest BCUT2D eigenvalue weighted by atomic mass is 32.2. The van der Waals surface area contributed by atoms with E-state index in [-0.39, 0.29) is 5.91 Å². The average molecular weight is 247 g/mol. The lowest BCUT2D eigenvalue weighted by molar-refractivity contribution is -0.128. The zero-order valence-electron chi connectivity index (χ0n) is 9.84. The molecule has 1 aromatic rings. The van der Waals surface area contributed by atoms with Crippen LogP contribution in [0.1, 0.15) is 19.3 Å². The van der Waals surface area contributed by atoms with Crippen LogP contribution in [0.2, 0.25) is 0 Å². The van der Waals surface area contributed by atoms with Crippen LogP contribution >= 0.6 is 11.8 Å². The number of likely N-dealkylation sites (tertiary alicyclic amines) is 1. The van der Waals surface area contributed by atoms with Gasteiger partial charge in [-0.25, -0.2) is 0 Å². The first-order valence-corrected chi connectivity index (χ1v) is 6.81. The van der Waals surface area contributed by atoms with Crippen LogP contribution in [0.5, 0.6) is 0 Å². The molecule has 90 valence electrons.